The van der Waals surface area contributed by atoms with Crippen LogP contribution in [0.2, 0.25) is 5.02 Å². The fraction of sp³-hybridized carbons (Fsp3) is 0.286. The number of thiophene rings is 1. The average Bonchev–Trinajstić information content (AvgIpc) is 2.90. The second kappa shape index (κ2) is 6.83. The Morgan fingerprint density at radius 2 is 2.00 bits per heavy atom. The molecule has 1 heterocycles. The molecule has 1 aromatic carbocycles. The quantitative estimate of drug-likeness (QED) is 0.629. The van der Waals surface area contributed by atoms with E-state index in [2.05, 4.69) is 12.2 Å². The van der Waals surface area contributed by atoms with Crippen molar-refractivity contribution in [2.24, 2.45) is 0 Å². The number of nitro groups is 1. The highest BCUT2D eigenvalue weighted by molar-refractivity contribution is 7.15. The third-order valence-corrected chi connectivity index (χ3v) is 4.32. The third kappa shape index (κ3) is 3.79. The number of benzene rings is 1. The van der Waals surface area contributed by atoms with Crippen LogP contribution in [0.5, 0.6) is 0 Å². The molecule has 1 unspecified atom stereocenters. The van der Waals surface area contributed by atoms with Gasteiger partial charge in [-0.15, -0.1) is 0 Å². The van der Waals surface area contributed by atoms with E-state index in [0.29, 0.717) is 6.54 Å². The minimum absolute atomic E-state index is 0.182. The molecule has 0 aliphatic rings. The van der Waals surface area contributed by atoms with Crippen molar-refractivity contribution in [3.63, 3.8) is 0 Å². The lowest BCUT2D eigenvalue weighted by Crippen LogP contribution is -2.19. The summed E-state index contributed by atoms with van der Waals surface area (Å²) in [4.78, 5) is 11.3. The van der Waals surface area contributed by atoms with Gasteiger partial charge in [0.1, 0.15) is 0 Å². The van der Waals surface area contributed by atoms with Crippen molar-refractivity contribution in [1.82, 2.24) is 5.32 Å². The fourth-order valence-electron chi connectivity index (χ4n) is 1.98. The SMILES string of the molecule is CCC(NCc1ccc([N+](=O)[O-])s1)c1ccc(Cl)cc1. The molecule has 0 spiro atoms. The largest absolute Gasteiger partial charge is 0.324 e. The molecule has 1 atom stereocenters. The minimum Gasteiger partial charge on any atom is -0.305 e. The first-order valence-electron chi connectivity index (χ1n) is 6.32. The normalized spacial score (nSPS) is 12.3. The van der Waals surface area contributed by atoms with Crippen molar-refractivity contribution < 1.29 is 4.92 Å². The zero-order valence-electron chi connectivity index (χ0n) is 11.0. The molecular weight excluding hydrogens is 296 g/mol. The molecule has 0 amide bonds. The Morgan fingerprint density at radius 3 is 2.55 bits per heavy atom. The summed E-state index contributed by atoms with van der Waals surface area (Å²) < 4.78 is 0. The summed E-state index contributed by atoms with van der Waals surface area (Å²) in [7, 11) is 0. The molecule has 2 rings (SSSR count). The first-order valence-corrected chi connectivity index (χ1v) is 7.51. The van der Waals surface area contributed by atoms with Gasteiger partial charge < -0.3 is 5.32 Å². The van der Waals surface area contributed by atoms with Crippen LogP contribution in [-0.4, -0.2) is 4.92 Å². The second-order valence-electron chi connectivity index (χ2n) is 4.39. The van der Waals surface area contributed by atoms with E-state index < -0.39 is 0 Å². The maximum atomic E-state index is 10.6. The van der Waals surface area contributed by atoms with E-state index >= 15 is 0 Å². The molecule has 4 nitrogen and oxygen atoms in total. The van der Waals surface area contributed by atoms with Gasteiger partial charge >= 0.3 is 5.00 Å². The molecule has 20 heavy (non-hydrogen) atoms. The standard InChI is InChI=1S/C14H15ClN2O2S/c1-2-13(10-3-5-11(15)6-4-10)16-9-12-7-8-14(20-12)17(18)19/h3-8,13,16H,2,9H2,1H3. The summed E-state index contributed by atoms with van der Waals surface area (Å²) in [5.41, 5.74) is 1.17. The van der Waals surface area contributed by atoms with Crippen molar-refractivity contribution in [2.75, 3.05) is 0 Å². The van der Waals surface area contributed by atoms with Crippen LogP contribution in [0.1, 0.15) is 29.8 Å². The van der Waals surface area contributed by atoms with Gasteiger partial charge in [0.05, 0.1) is 4.92 Å². The van der Waals surface area contributed by atoms with E-state index in [4.69, 9.17) is 11.6 Å². The molecular formula is C14H15ClN2O2S. The van der Waals surface area contributed by atoms with E-state index in [1.165, 1.54) is 16.9 Å². The molecule has 2 aromatic rings. The van der Waals surface area contributed by atoms with Crippen LogP contribution in [-0.2, 0) is 6.54 Å². The predicted octanol–water partition coefficient (Wildman–Crippen LogP) is 4.55. The molecule has 1 aromatic heterocycles. The van der Waals surface area contributed by atoms with Gasteiger partial charge in [-0.3, -0.25) is 10.1 Å². The van der Waals surface area contributed by atoms with Crippen molar-refractivity contribution in [3.8, 4) is 0 Å². The first-order chi connectivity index (χ1) is 9.60. The van der Waals surface area contributed by atoms with Crippen LogP contribution in [0, 0.1) is 10.1 Å². The van der Waals surface area contributed by atoms with Gasteiger partial charge in [-0.1, -0.05) is 42.0 Å². The van der Waals surface area contributed by atoms with E-state index in [1.54, 1.807) is 12.1 Å². The molecule has 0 saturated heterocycles. The lowest BCUT2D eigenvalue weighted by Gasteiger charge is -2.17. The highest BCUT2D eigenvalue weighted by Gasteiger charge is 2.12. The van der Waals surface area contributed by atoms with Crippen LogP contribution in [0.4, 0.5) is 5.00 Å². The van der Waals surface area contributed by atoms with Gasteiger partial charge in [0.25, 0.3) is 0 Å². The summed E-state index contributed by atoms with van der Waals surface area (Å²) in [6.07, 6.45) is 0.940. The Morgan fingerprint density at radius 1 is 1.30 bits per heavy atom. The van der Waals surface area contributed by atoms with Crippen LogP contribution < -0.4 is 5.32 Å². The van der Waals surface area contributed by atoms with Crippen molar-refractivity contribution in [2.45, 2.75) is 25.9 Å². The number of nitrogens with one attached hydrogen (secondary N) is 1. The topological polar surface area (TPSA) is 55.2 Å². The Labute approximate surface area is 126 Å². The summed E-state index contributed by atoms with van der Waals surface area (Å²) in [6, 6.07) is 11.3. The third-order valence-electron chi connectivity index (χ3n) is 3.03. The molecule has 0 bridgehead atoms. The van der Waals surface area contributed by atoms with Gasteiger partial charge in [0.2, 0.25) is 0 Å². The molecule has 1 N–H and O–H groups in total. The summed E-state index contributed by atoms with van der Waals surface area (Å²) in [5, 5.41) is 15.0. The first kappa shape index (κ1) is 15.0. The zero-order chi connectivity index (χ0) is 14.5. The van der Waals surface area contributed by atoms with Gasteiger partial charge in [-0.2, -0.15) is 0 Å². The second-order valence-corrected chi connectivity index (χ2v) is 5.97. The van der Waals surface area contributed by atoms with Crippen LogP contribution in [0.3, 0.4) is 0 Å². The predicted molar refractivity (Wildman–Crippen MR) is 82.3 cm³/mol. The molecule has 0 radical (unpaired) electrons. The average molecular weight is 311 g/mol. The van der Waals surface area contributed by atoms with Crippen LogP contribution in [0.15, 0.2) is 36.4 Å². The summed E-state index contributed by atoms with van der Waals surface area (Å²) >= 11 is 7.09. The lowest BCUT2D eigenvalue weighted by atomic mass is 10.0. The number of rotatable bonds is 6. The van der Waals surface area contributed by atoms with E-state index in [-0.39, 0.29) is 16.0 Å². The van der Waals surface area contributed by atoms with Gasteiger partial charge in [-0.25, -0.2) is 0 Å². The smallest absolute Gasteiger partial charge is 0.305 e. The Kier molecular flexibility index (Phi) is 5.11. The van der Waals surface area contributed by atoms with Crippen LogP contribution in [0.25, 0.3) is 0 Å². The molecule has 0 fully saturated rings. The molecule has 0 aliphatic carbocycles. The zero-order valence-corrected chi connectivity index (χ0v) is 12.6. The minimum atomic E-state index is -0.356. The Bertz CT molecular complexity index is 583. The van der Waals surface area contributed by atoms with E-state index in [1.807, 2.05) is 24.3 Å². The number of hydrogen-bond donors (Lipinski definition) is 1. The summed E-state index contributed by atoms with van der Waals surface area (Å²) in [6.45, 7) is 2.72. The molecule has 106 valence electrons. The Hall–Kier alpha value is -1.43. The van der Waals surface area contributed by atoms with E-state index in [9.17, 15) is 10.1 Å². The maximum absolute atomic E-state index is 10.6. The number of hydrogen-bond acceptors (Lipinski definition) is 4. The van der Waals surface area contributed by atoms with Crippen molar-refractivity contribution in [1.29, 1.82) is 0 Å². The van der Waals surface area contributed by atoms with Crippen molar-refractivity contribution >= 4 is 27.9 Å². The lowest BCUT2D eigenvalue weighted by molar-refractivity contribution is -0.380. The van der Waals surface area contributed by atoms with Gasteiger partial charge in [0, 0.05) is 28.6 Å². The highest BCUT2D eigenvalue weighted by Crippen LogP contribution is 2.25. The number of halogens is 1. The van der Waals surface area contributed by atoms with E-state index in [0.717, 1.165) is 16.3 Å². The molecule has 0 aliphatic heterocycles. The summed E-state index contributed by atoms with van der Waals surface area (Å²) in [5.74, 6) is 0. The molecule has 6 heteroatoms. The molecule has 0 saturated carbocycles. The van der Waals surface area contributed by atoms with Crippen LogP contribution >= 0.6 is 22.9 Å². The fourth-order valence-corrected chi connectivity index (χ4v) is 2.87. The van der Waals surface area contributed by atoms with Gasteiger partial charge in [0.15, 0.2) is 0 Å². The highest BCUT2D eigenvalue weighted by atomic mass is 35.5. The van der Waals surface area contributed by atoms with Gasteiger partial charge in [-0.05, 0) is 30.2 Å². The monoisotopic (exact) mass is 310 g/mol. The van der Waals surface area contributed by atoms with Crippen molar-refractivity contribution in [3.05, 3.63) is 62.0 Å². The Balaban J connectivity index is 1.99. The number of nitrogens with zero attached hydrogens (tertiary/aromatic N) is 1. The maximum Gasteiger partial charge on any atom is 0.324 e.